The molecule has 1 N–H and O–H groups in total. The van der Waals surface area contributed by atoms with Crippen LogP contribution in [0, 0.1) is 5.82 Å². The van der Waals surface area contributed by atoms with Crippen molar-refractivity contribution in [3.05, 3.63) is 57.7 Å². The number of benzene rings is 2. The molecule has 6 nitrogen and oxygen atoms in total. The molecule has 0 saturated carbocycles. The van der Waals surface area contributed by atoms with Crippen LogP contribution in [-0.2, 0) is 9.59 Å². The maximum atomic E-state index is 13.2. The van der Waals surface area contributed by atoms with Gasteiger partial charge in [0.2, 0.25) is 12.7 Å². The first-order chi connectivity index (χ1) is 14.9. The van der Waals surface area contributed by atoms with Gasteiger partial charge in [-0.05, 0) is 48.4 Å². The second-order valence-electron chi connectivity index (χ2n) is 6.73. The largest absolute Gasteiger partial charge is 0.454 e. The molecule has 2 aliphatic rings. The lowest BCUT2D eigenvalue weighted by Gasteiger charge is -2.14. The van der Waals surface area contributed by atoms with Crippen LogP contribution < -0.4 is 14.8 Å². The van der Waals surface area contributed by atoms with Crippen LogP contribution in [0.2, 0.25) is 5.02 Å². The van der Waals surface area contributed by atoms with Gasteiger partial charge in [0.15, 0.2) is 11.5 Å². The molecule has 1 fully saturated rings. The second-order valence-corrected chi connectivity index (χ2v) is 8.81. The number of anilines is 1. The van der Waals surface area contributed by atoms with Crippen molar-refractivity contribution in [2.75, 3.05) is 18.7 Å². The summed E-state index contributed by atoms with van der Waals surface area (Å²) in [5.41, 5.74) is 1.22. The fourth-order valence-corrected chi connectivity index (χ4v) is 4.53. The number of hydrogen-bond acceptors (Lipinski definition) is 6. The summed E-state index contributed by atoms with van der Waals surface area (Å²) in [4.78, 5) is 26.8. The van der Waals surface area contributed by atoms with Gasteiger partial charge >= 0.3 is 0 Å². The number of amides is 2. The molecule has 2 aromatic carbocycles. The van der Waals surface area contributed by atoms with Crippen LogP contribution in [0.5, 0.6) is 11.5 Å². The van der Waals surface area contributed by atoms with Crippen LogP contribution in [0.3, 0.4) is 0 Å². The number of thioether (sulfide) groups is 1. The van der Waals surface area contributed by atoms with E-state index >= 15 is 0 Å². The smallest absolute Gasteiger partial charge is 0.266 e. The maximum absolute atomic E-state index is 13.2. The van der Waals surface area contributed by atoms with E-state index in [0.29, 0.717) is 39.4 Å². The summed E-state index contributed by atoms with van der Waals surface area (Å²) in [6.45, 7) is 0.503. The Morgan fingerprint density at radius 1 is 1.26 bits per heavy atom. The average Bonchev–Trinajstić information content (AvgIpc) is 3.30. The molecule has 0 bridgehead atoms. The van der Waals surface area contributed by atoms with Gasteiger partial charge in [-0.3, -0.25) is 14.5 Å². The van der Waals surface area contributed by atoms with Crippen LogP contribution in [-0.4, -0.2) is 34.4 Å². The molecule has 0 spiro atoms. The Morgan fingerprint density at radius 2 is 2.06 bits per heavy atom. The number of thiocarbonyl (C=S) groups is 1. The zero-order valence-corrected chi connectivity index (χ0v) is 18.4. The minimum atomic E-state index is -0.553. The molecule has 10 heteroatoms. The Balaban J connectivity index is 1.32. The second kappa shape index (κ2) is 9.25. The molecule has 1 saturated heterocycles. The Hall–Kier alpha value is -2.62. The third kappa shape index (κ3) is 5.00. The first-order valence-electron chi connectivity index (χ1n) is 9.30. The van der Waals surface area contributed by atoms with Gasteiger partial charge < -0.3 is 14.8 Å². The van der Waals surface area contributed by atoms with Gasteiger partial charge in [0, 0.05) is 18.7 Å². The first kappa shape index (κ1) is 21.6. The van der Waals surface area contributed by atoms with Gasteiger partial charge in [-0.15, -0.1) is 0 Å². The van der Waals surface area contributed by atoms with Crippen molar-refractivity contribution >= 4 is 63.5 Å². The van der Waals surface area contributed by atoms with Gasteiger partial charge in [-0.1, -0.05) is 41.6 Å². The van der Waals surface area contributed by atoms with Crippen molar-refractivity contribution in [3.63, 3.8) is 0 Å². The van der Waals surface area contributed by atoms with Crippen LogP contribution in [0.4, 0.5) is 10.1 Å². The monoisotopic (exact) mass is 478 g/mol. The number of ether oxygens (including phenoxy) is 2. The molecule has 4 rings (SSSR count). The minimum absolute atomic E-state index is 0.0652. The Morgan fingerprint density at radius 3 is 2.87 bits per heavy atom. The molecule has 0 aliphatic carbocycles. The molecule has 2 amide bonds. The van der Waals surface area contributed by atoms with Crippen molar-refractivity contribution in [1.29, 1.82) is 0 Å². The summed E-state index contributed by atoms with van der Waals surface area (Å²) >= 11 is 12.3. The van der Waals surface area contributed by atoms with Crippen LogP contribution in [0.1, 0.15) is 18.4 Å². The van der Waals surface area contributed by atoms with Gasteiger partial charge in [-0.25, -0.2) is 4.39 Å². The first-order valence-corrected chi connectivity index (χ1v) is 10.9. The van der Waals surface area contributed by atoms with Crippen LogP contribution in [0.15, 0.2) is 41.3 Å². The average molecular weight is 479 g/mol. The molecule has 31 heavy (non-hydrogen) atoms. The molecule has 2 heterocycles. The third-order valence-electron chi connectivity index (χ3n) is 4.56. The predicted octanol–water partition coefficient (Wildman–Crippen LogP) is 4.83. The van der Waals surface area contributed by atoms with E-state index in [1.807, 2.05) is 6.07 Å². The van der Waals surface area contributed by atoms with E-state index in [-0.39, 0.29) is 30.1 Å². The lowest BCUT2D eigenvalue weighted by molar-refractivity contribution is -0.122. The summed E-state index contributed by atoms with van der Waals surface area (Å²) < 4.78 is 24.3. The van der Waals surface area contributed by atoms with E-state index in [0.717, 1.165) is 5.56 Å². The zero-order chi connectivity index (χ0) is 22.0. The molecule has 0 aromatic heterocycles. The topological polar surface area (TPSA) is 67.9 Å². The molecular weight excluding hydrogens is 463 g/mol. The Labute approximate surface area is 192 Å². The van der Waals surface area contributed by atoms with E-state index in [4.69, 9.17) is 33.3 Å². The van der Waals surface area contributed by atoms with E-state index in [1.165, 1.54) is 34.9 Å². The Bertz CT molecular complexity index is 1110. The molecule has 0 atom stereocenters. The SMILES string of the molecule is O=C(CCCN1C(=O)C(=Cc2ccc3c(c2)OCO3)SC1=S)Nc1ccc(F)c(Cl)c1. The molecule has 0 radical (unpaired) electrons. The van der Waals surface area contributed by atoms with E-state index in [2.05, 4.69) is 5.32 Å². The van der Waals surface area contributed by atoms with Crippen molar-refractivity contribution in [2.45, 2.75) is 12.8 Å². The number of fused-ring (bicyclic) bond motifs is 1. The van der Waals surface area contributed by atoms with Crippen molar-refractivity contribution < 1.29 is 23.5 Å². The number of hydrogen-bond donors (Lipinski definition) is 1. The highest BCUT2D eigenvalue weighted by atomic mass is 35.5. The highest BCUT2D eigenvalue weighted by molar-refractivity contribution is 8.26. The van der Waals surface area contributed by atoms with Crippen molar-refractivity contribution in [3.8, 4) is 11.5 Å². The van der Waals surface area contributed by atoms with E-state index < -0.39 is 5.82 Å². The third-order valence-corrected chi connectivity index (χ3v) is 6.22. The highest BCUT2D eigenvalue weighted by Crippen LogP contribution is 2.36. The molecule has 0 unspecified atom stereocenters. The van der Waals surface area contributed by atoms with Gasteiger partial charge in [0.1, 0.15) is 10.1 Å². The van der Waals surface area contributed by atoms with Crippen LogP contribution >= 0.6 is 35.6 Å². The van der Waals surface area contributed by atoms with E-state index in [1.54, 1.807) is 18.2 Å². The Kier molecular flexibility index (Phi) is 6.45. The molecule has 2 aliphatic heterocycles. The van der Waals surface area contributed by atoms with Crippen molar-refractivity contribution in [2.24, 2.45) is 0 Å². The summed E-state index contributed by atoms with van der Waals surface area (Å²) in [7, 11) is 0. The number of rotatable bonds is 6. The molecule has 2 aromatic rings. The lowest BCUT2D eigenvalue weighted by atomic mass is 10.2. The fourth-order valence-electron chi connectivity index (χ4n) is 3.04. The van der Waals surface area contributed by atoms with Gasteiger partial charge in [0.05, 0.1) is 9.93 Å². The normalized spacial score (nSPS) is 16.3. The van der Waals surface area contributed by atoms with Crippen molar-refractivity contribution in [1.82, 2.24) is 4.90 Å². The van der Waals surface area contributed by atoms with Gasteiger partial charge in [-0.2, -0.15) is 0 Å². The minimum Gasteiger partial charge on any atom is -0.454 e. The number of nitrogens with zero attached hydrogens (tertiary/aromatic N) is 1. The standard InChI is InChI=1S/C21H16ClFN2O4S2/c22-14-10-13(4-5-15(14)23)24-19(26)2-1-7-25-20(27)18(31-21(25)30)9-12-3-6-16-17(8-12)29-11-28-16/h3-6,8-10H,1-2,7,11H2,(H,24,26). The summed E-state index contributed by atoms with van der Waals surface area (Å²) in [6.07, 6.45) is 2.35. The summed E-state index contributed by atoms with van der Waals surface area (Å²) in [5, 5.41) is 2.59. The van der Waals surface area contributed by atoms with Crippen LogP contribution in [0.25, 0.3) is 6.08 Å². The summed E-state index contributed by atoms with van der Waals surface area (Å²) in [5.74, 6) is 0.300. The molecular formula is C21H16ClFN2O4S2. The number of carbonyl (C=O) groups is 2. The predicted molar refractivity (Wildman–Crippen MR) is 122 cm³/mol. The number of halogens is 2. The van der Waals surface area contributed by atoms with E-state index in [9.17, 15) is 14.0 Å². The van der Waals surface area contributed by atoms with Gasteiger partial charge in [0.25, 0.3) is 5.91 Å². The highest BCUT2D eigenvalue weighted by Gasteiger charge is 2.31. The number of nitrogens with one attached hydrogen (secondary N) is 1. The number of carbonyl (C=O) groups excluding carboxylic acids is 2. The lowest BCUT2D eigenvalue weighted by Crippen LogP contribution is -2.29. The fraction of sp³-hybridized carbons (Fsp3) is 0.190. The quantitative estimate of drug-likeness (QED) is 0.474. The summed E-state index contributed by atoms with van der Waals surface area (Å²) in [6, 6.07) is 9.40. The molecule has 160 valence electrons. The zero-order valence-electron chi connectivity index (χ0n) is 16.0. The maximum Gasteiger partial charge on any atom is 0.266 e.